The molecule has 0 N–H and O–H groups in total. The molecule has 1 aromatic heterocycles. The molecule has 0 amide bonds. The van der Waals surface area contributed by atoms with E-state index in [-0.39, 0.29) is 5.88 Å². The number of aromatic nitrogens is 2. The van der Waals surface area contributed by atoms with Gasteiger partial charge in [-0.25, -0.2) is 13.8 Å². The smallest absolute Gasteiger partial charge is 0.256 e. The molecule has 0 radical (unpaired) electrons. The molecule has 16 heavy (non-hydrogen) atoms. The third-order valence-electron chi connectivity index (χ3n) is 2.23. The summed E-state index contributed by atoms with van der Waals surface area (Å²) in [5.41, 5.74) is 1.21. The first-order valence-electron chi connectivity index (χ1n) is 4.60. The largest absolute Gasteiger partial charge is 0.321 e. The number of benzene rings is 1. The summed E-state index contributed by atoms with van der Waals surface area (Å²) in [5, 5.41) is 0.490. The van der Waals surface area contributed by atoms with Crippen molar-refractivity contribution in [1.82, 2.24) is 9.55 Å². The summed E-state index contributed by atoms with van der Waals surface area (Å²) >= 11 is 11.5. The summed E-state index contributed by atoms with van der Waals surface area (Å²) in [5.74, 6) is 0.526. The van der Waals surface area contributed by atoms with Gasteiger partial charge < -0.3 is 4.57 Å². The Hall–Kier alpha value is -0.870. The Kier molecular flexibility index (Phi) is 3.30. The van der Waals surface area contributed by atoms with E-state index in [1.54, 1.807) is 18.2 Å². The van der Waals surface area contributed by atoms with Gasteiger partial charge in [0.1, 0.15) is 5.82 Å². The Morgan fingerprint density at radius 1 is 1.38 bits per heavy atom. The standard InChI is InChI=1S/C10H8Cl2F2N2/c11-4-10-15-7-2-1-6(12)3-8(7)16(10)5-9(13)14/h1-3,9H,4-5H2. The fourth-order valence-corrected chi connectivity index (χ4v) is 1.96. The van der Waals surface area contributed by atoms with Crippen LogP contribution >= 0.6 is 23.2 Å². The van der Waals surface area contributed by atoms with Crippen molar-refractivity contribution < 1.29 is 8.78 Å². The average Bonchev–Trinajstić information content (AvgIpc) is 2.56. The molecule has 86 valence electrons. The van der Waals surface area contributed by atoms with E-state index >= 15 is 0 Å². The molecular weight excluding hydrogens is 257 g/mol. The molecule has 2 nitrogen and oxygen atoms in total. The number of nitrogens with zero attached hydrogens (tertiary/aromatic N) is 2. The van der Waals surface area contributed by atoms with Crippen molar-refractivity contribution in [2.75, 3.05) is 0 Å². The molecule has 6 heteroatoms. The summed E-state index contributed by atoms with van der Waals surface area (Å²) in [6.45, 7) is -0.418. The fraction of sp³-hybridized carbons (Fsp3) is 0.300. The second-order valence-electron chi connectivity index (χ2n) is 3.30. The topological polar surface area (TPSA) is 17.8 Å². The van der Waals surface area contributed by atoms with Crippen LogP contribution in [0.25, 0.3) is 11.0 Å². The molecule has 0 aliphatic rings. The predicted molar refractivity (Wildman–Crippen MR) is 60.3 cm³/mol. The molecule has 0 unspecified atom stereocenters. The van der Waals surface area contributed by atoms with Crippen molar-refractivity contribution in [3.05, 3.63) is 29.0 Å². The van der Waals surface area contributed by atoms with Gasteiger partial charge in [0.25, 0.3) is 6.43 Å². The normalized spacial score (nSPS) is 11.6. The number of imidazole rings is 1. The first kappa shape index (κ1) is 11.6. The van der Waals surface area contributed by atoms with Crippen molar-refractivity contribution >= 4 is 34.2 Å². The third-order valence-corrected chi connectivity index (χ3v) is 2.70. The van der Waals surface area contributed by atoms with Gasteiger partial charge in [-0.05, 0) is 18.2 Å². The van der Waals surface area contributed by atoms with Crippen LogP contribution in [0.4, 0.5) is 8.78 Å². The zero-order valence-corrected chi connectivity index (χ0v) is 9.64. The SMILES string of the molecule is FC(F)Cn1c(CCl)nc2ccc(Cl)cc21. The molecule has 0 bridgehead atoms. The van der Waals surface area contributed by atoms with E-state index in [4.69, 9.17) is 23.2 Å². The van der Waals surface area contributed by atoms with Crippen LogP contribution in [0.2, 0.25) is 5.02 Å². The van der Waals surface area contributed by atoms with Gasteiger partial charge in [-0.1, -0.05) is 11.6 Å². The second kappa shape index (κ2) is 4.55. The minimum absolute atomic E-state index is 0.0962. The molecule has 0 saturated carbocycles. The number of alkyl halides is 3. The van der Waals surface area contributed by atoms with Crippen LogP contribution in [-0.4, -0.2) is 16.0 Å². The number of rotatable bonds is 3. The fourth-order valence-electron chi connectivity index (χ4n) is 1.59. The first-order chi connectivity index (χ1) is 7.61. The summed E-state index contributed by atoms with van der Waals surface area (Å²) in [7, 11) is 0. The van der Waals surface area contributed by atoms with Crippen LogP contribution in [0.3, 0.4) is 0 Å². The summed E-state index contributed by atoms with van der Waals surface area (Å²) in [6, 6.07) is 4.97. The van der Waals surface area contributed by atoms with Crippen molar-refractivity contribution in [3.63, 3.8) is 0 Å². The summed E-state index contributed by atoms with van der Waals surface area (Å²) in [6.07, 6.45) is -2.45. The van der Waals surface area contributed by atoms with E-state index in [2.05, 4.69) is 4.98 Å². The Labute approximate surface area is 101 Å². The molecule has 0 aliphatic carbocycles. The molecule has 2 aromatic rings. The quantitative estimate of drug-likeness (QED) is 0.774. The maximum Gasteiger partial charge on any atom is 0.256 e. The van der Waals surface area contributed by atoms with E-state index < -0.39 is 13.0 Å². The molecule has 0 atom stereocenters. The van der Waals surface area contributed by atoms with E-state index in [1.807, 2.05) is 0 Å². The Morgan fingerprint density at radius 3 is 2.75 bits per heavy atom. The third kappa shape index (κ3) is 2.13. The zero-order chi connectivity index (χ0) is 11.7. The maximum absolute atomic E-state index is 12.4. The van der Waals surface area contributed by atoms with E-state index in [1.165, 1.54) is 4.57 Å². The maximum atomic E-state index is 12.4. The van der Waals surface area contributed by atoms with Gasteiger partial charge >= 0.3 is 0 Å². The van der Waals surface area contributed by atoms with Crippen LogP contribution in [0.1, 0.15) is 5.82 Å². The number of hydrogen-bond donors (Lipinski definition) is 0. The zero-order valence-electron chi connectivity index (χ0n) is 8.13. The molecule has 0 spiro atoms. The average molecular weight is 265 g/mol. The summed E-state index contributed by atoms with van der Waals surface area (Å²) < 4.78 is 26.2. The molecule has 1 heterocycles. The lowest BCUT2D eigenvalue weighted by atomic mass is 10.3. The van der Waals surface area contributed by atoms with Gasteiger partial charge in [0.05, 0.1) is 23.5 Å². The van der Waals surface area contributed by atoms with E-state index in [0.29, 0.717) is 21.9 Å². The lowest BCUT2D eigenvalue weighted by Crippen LogP contribution is -2.09. The molecule has 2 rings (SSSR count). The Bertz CT molecular complexity index is 511. The van der Waals surface area contributed by atoms with Gasteiger partial charge in [0.2, 0.25) is 0 Å². The van der Waals surface area contributed by atoms with Crippen molar-refractivity contribution in [3.8, 4) is 0 Å². The highest BCUT2D eigenvalue weighted by molar-refractivity contribution is 6.31. The van der Waals surface area contributed by atoms with Crippen LogP contribution in [0, 0.1) is 0 Å². The molecule has 0 fully saturated rings. The van der Waals surface area contributed by atoms with Crippen LogP contribution < -0.4 is 0 Å². The highest BCUT2D eigenvalue weighted by Gasteiger charge is 2.14. The van der Waals surface area contributed by atoms with Gasteiger partial charge in [-0.15, -0.1) is 11.6 Å². The van der Waals surface area contributed by atoms with Crippen molar-refractivity contribution in [1.29, 1.82) is 0 Å². The predicted octanol–water partition coefficient (Wildman–Crippen LogP) is 3.69. The van der Waals surface area contributed by atoms with Crippen LogP contribution in [-0.2, 0) is 12.4 Å². The highest BCUT2D eigenvalue weighted by atomic mass is 35.5. The van der Waals surface area contributed by atoms with Gasteiger partial charge in [0.15, 0.2) is 0 Å². The molecule has 0 aliphatic heterocycles. The molecule has 1 aromatic carbocycles. The van der Waals surface area contributed by atoms with Crippen LogP contribution in [0.5, 0.6) is 0 Å². The first-order valence-corrected chi connectivity index (χ1v) is 5.52. The lowest BCUT2D eigenvalue weighted by Gasteiger charge is -2.06. The summed E-state index contributed by atoms with van der Waals surface area (Å²) in [4.78, 5) is 4.16. The second-order valence-corrected chi connectivity index (χ2v) is 4.00. The van der Waals surface area contributed by atoms with Gasteiger partial charge in [-0.3, -0.25) is 0 Å². The lowest BCUT2D eigenvalue weighted by molar-refractivity contribution is 0.127. The van der Waals surface area contributed by atoms with Crippen LogP contribution in [0.15, 0.2) is 18.2 Å². The van der Waals surface area contributed by atoms with E-state index in [9.17, 15) is 8.78 Å². The number of fused-ring (bicyclic) bond motifs is 1. The van der Waals surface area contributed by atoms with Gasteiger partial charge in [-0.2, -0.15) is 0 Å². The van der Waals surface area contributed by atoms with Crippen molar-refractivity contribution in [2.24, 2.45) is 0 Å². The highest BCUT2D eigenvalue weighted by Crippen LogP contribution is 2.22. The Morgan fingerprint density at radius 2 is 2.12 bits per heavy atom. The Balaban J connectivity index is 2.60. The molecular formula is C10H8Cl2F2N2. The van der Waals surface area contributed by atoms with E-state index in [0.717, 1.165) is 0 Å². The van der Waals surface area contributed by atoms with Gasteiger partial charge in [0, 0.05) is 5.02 Å². The molecule has 0 saturated heterocycles. The number of hydrogen-bond acceptors (Lipinski definition) is 1. The van der Waals surface area contributed by atoms with Crippen molar-refractivity contribution in [2.45, 2.75) is 18.9 Å². The monoisotopic (exact) mass is 264 g/mol. The minimum Gasteiger partial charge on any atom is -0.321 e. The number of halogens is 4. The minimum atomic E-state index is -2.45.